The highest BCUT2D eigenvalue weighted by Crippen LogP contribution is 2.35. The standard InChI is InChI=1S/C15H17BrClN3O/c1-8(2)13-12(16)15(18-3)20-14(19-13)10-6-5-9(17)7-11(10)21-4/h5-8H,1-4H3,(H,18,19,20). The maximum atomic E-state index is 6.01. The predicted octanol–water partition coefficient (Wildman–Crippen LogP) is 4.73. The molecule has 0 aliphatic carbocycles. The molecule has 0 spiro atoms. The molecule has 1 heterocycles. The van der Waals surface area contributed by atoms with Crippen LogP contribution >= 0.6 is 27.5 Å². The van der Waals surface area contributed by atoms with Crippen LogP contribution in [-0.2, 0) is 0 Å². The number of anilines is 1. The summed E-state index contributed by atoms with van der Waals surface area (Å²) in [6.45, 7) is 4.19. The SMILES string of the molecule is CNc1nc(-c2ccc(Cl)cc2OC)nc(C(C)C)c1Br. The van der Waals surface area contributed by atoms with E-state index < -0.39 is 0 Å². The lowest BCUT2D eigenvalue weighted by Gasteiger charge is -2.15. The smallest absolute Gasteiger partial charge is 0.165 e. The summed E-state index contributed by atoms with van der Waals surface area (Å²) >= 11 is 9.56. The molecule has 0 saturated heterocycles. The molecule has 2 rings (SSSR count). The Morgan fingerprint density at radius 3 is 2.57 bits per heavy atom. The number of nitrogens with zero attached hydrogens (tertiary/aromatic N) is 2. The van der Waals surface area contributed by atoms with E-state index >= 15 is 0 Å². The van der Waals surface area contributed by atoms with Crippen molar-refractivity contribution < 1.29 is 4.74 Å². The van der Waals surface area contributed by atoms with Crippen LogP contribution in [0.3, 0.4) is 0 Å². The summed E-state index contributed by atoms with van der Waals surface area (Å²) in [6, 6.07) is 5.43. The highest BCUT2D eigenvalue weighted by molar-refractivity contribution is 9.10. The molecule has 21 heavy (non-hydrogen) atoms. The van der Waals surface area contributed by atoms with Gasteiger partial charge in [-0.1, -0.05) is 25.4 Å². The third kappa shape index (κ3) is 3.30. The van der Waals surface area contributed by atoms with Crippen molar-refractivity contribution in [2.75, 3.05) is 19.5 Å². The van der Waals surface area contributed by atoms with Gasteiger partial charge in [-0.15, -0.1) is 0 Å². The second-order valence-corrected chi connectivity index (χ2v) is 6.07. The average molecular weight is 371 g/mol. The van der Waals surface area contributed by atoms with Gasteiger partial charge in [0.15, 0.2) is 5.82 Å². The largest absolute Gasteiger partial charge is 0.496 e. The summed E-state index contributed by atoms with van der Waals surface area (Å²) in [7, 11) is 3.44. The minimum absolute atomic E-state index is 0.270. The molecule has 0 aliphatic rings. The van der Waals surface area contributed by atoms with Crippen LogP contribution in [0.4, 0.5) is 5.82 Å². The van der Waals surface area contributed by atoms with E-state index in [0.29, 0.717) is 16.6 Å². The molecule has 112 valence electrons. The minimum Gasteiger partial charge on any atom is -0.496 e. The first kappa shape index (κ1) is 16.0. The van der Waals surface area contributed by atoms with Gasteiger partial charge in [-0.2, -0.15) is 0 Å². The maximum Gasteiger partial charge on any atom is 0.165 e. The Morgan fingerprint density at radius 2 is 2.00 bits per heavy atom. The number of benzene rings is 1. The van der Waals surface area contributed by atoms with Crippen LogP contribution in [-0.4, -0.2) is 24.1 Å². The number of halogens is 2. The van der Waals surface area contributed by atoms with Crippen molar-refractivity contribution in [3.8, 4) is 17.1 Å². The molecule has 0 saturated carbocycles. The Bertz CT molecular complexity index is 662. The van der Waals surface area contributed by atoms with Gasteiger partial charge in [-0.3, -0.25) is 0 Å². The summed E-state index contributed by atoms with van der Waals surface area (Å²) < 4.78 is 6.27. The molecule has 1 aromatic carbocycles. The molecular weight excluding hydrogens is 354 g/mol. The van der Waals surface area contributed by atoms with Crippen LogP contribution in [0.2, 0.25) is 5.02 Å². The third-order valence-electron chi connectivity index (χ3n) is 3.06. The van der Waals surface area contributed by atoms with Crippen LogP contribution in [0.15, 0.2) is 22.7 Å². The quantitative estimate of drug-likeness (QED) is 0.845. The number of hydrogen-bond acceptors (Lipinski definition) is 4. The summed E-state index contributed by atoms with van der Waals surface area (Å²) in [5, 5.41) is 3.70. The number of methoxy groups -OCH3 is 1. The maximum absolute atomic E-state index is 6.01. The lowest BCUT2D eigenvalue weighted by atomic mass is 10.1. The zero-order chi connectivity index (χ0) is 15.6. The molecule has 0 atom stereocenters. The number of ether oxygens (including phenoxy) is 1. The Kier molecular flexibility index (Phi) is 5.06. The summed E-state index contributed by atoms with van der Waals surface area (Å²) in [6.07, 6.45) is 0. The second-order valence-electron chi connectivity index (χ2n) is 4.84. The van der Waals surface area contributed by atoms with E-state index in [4.69, 9.17) is 16.3 Å². The molecule has 0 radical (unpaired) electrons. The average Bonchev–Trinajstić information content (AvgIpc) is 2.47. The van der Waals surface area contributed by atoms with Gasteiger partial charge in [0.05, 0.1) is 22.8 Å². The van der Waals surface area contributed by atoms with Gasteiger partial charge in [0, 0.05) is 12.1 Å². The van der Waals surface area contributed by atoms with Crippen molar-refractivity contribution in [3.05, 3.63) is 33.4 Å². The normalized spacial score (nSPS) is 10.8. The summed E-state index contributed by atoms with van der Waals surface area (Å²) in [5.41, 5.74) is 1.76. The molecule has 0 amide bonds. The Labute approximate surface area is 138 Å². The van der Waals surface area contributed by atoms with Gasteiger partial charge in [-0.05, 0) is 40.0 Å². The number of hydrogen-bond donors (Lipinski definition) is 1. The zero-order valence-corrected chi connectivity index (χ0v) is 14.7. The summed E-state index contributed by atoms with van der Waals surface area (Å²) in [5.74, 6) is 2.29. The van der Waals surface area contributed by atoms with E-state index in [1.54, 1.807) is 19.2 Å². The highest BCUT2D eigenvalue weighted by Gasteiger charge is 2.17. The van der Waals surface area contributed by atoms with Crippen molar-refractivity contribution in [2.45, 2.75) is 19.8 Å². The highest BCUT2D eigenvalue weighted by atomic mass is 79.9. The molecule has 0 aliphatic heterocycles. The molecular formula is C15H17BrClN3O. The van der Waals surface area contributed by atoms with Crippen molar-refractivity contribution in [2.24, 2.45) is 0 Å². The van der Waals surface area contributed by atoms with E-state index in [1.165, 1.54) is 0 Å². The van der Waals surface area contributed by atoms with E-state index in [9.17, 15) is 0 Å². The lowest BCUT2D eigenvalue weighted by Crippen LogP contribution is -2.05. The monoisotopic (exact) mass is 369 g/mol. The fraction of sp³-hybridized carbons (Fsp3) is 0.333. The van der Waals surface area contributed by atoms with Gasteiger partial charge in [0.2, 0.25) is 0 Å². The van der Waals surface area contributed by atoms with E-state index in [0.717, 1.165) is 21.5 Å². The first-order chi connectivity index (χ1) is 9.97. The van der Waals surface area contributed by atoms with Crippen LogP contribution in [0.1, 0.15) is 25.5 Å². The minimum atomic E-state index is 0.270. The van der Waals surface area contributed by atoms with Crippen LogP contribution < -0.4 is 10.1 Å². The molecule has 0 fully saturated rings. The van der Waals surface area contributed by atoms with Crippen LogP contribution in [0, 0.1) is 0 Å². The fourth-order valence-corrected chi connectivity index (χ4v) is 2.98. The Balaban J connectivity index is 2.67. The molecule has 1 aromatic heterocycles. The first-order valence-electron chi connectivity index (χ1n) is 6.57. The molecule has 6 heteroatoms. The number of nitrogens with one attached hydrogen (secondary N) is 1. The van der Waals surface area contributed by atoms with Gasteiger partial charge < -0.3 is 10.1 Å². The third-order valence-corrected chi connectivity index (χ3v) is 4.08. The molecule has 1 N–H and O–H groups in total. The fourth-order valence-electron chi connectivity index (χ4n) is 1.98. The Morgan fingerprint density at radius 1 is 1.29 bits per heavy atom. The van der Waals surface area contributed by atoms with Gasteiger partial charge in [0.25, 0.3) is 0 Å². The molecule has 4 nitrogen and oxygen atoms in total. The molecule has 0 unspecified atom stereocenters. The van der Waals surface area contributed by atoms with Crippen LogP contribution in [0.25, 0.3) is 11.4 Å². The summed E-state index contributed by atoms with van der Waals surface area (Å²) in [4.78, 5) is 9.22. The molecule has 2 aromatic rings. The van der Waals surface area contributed by atoms with E-state index in [-0.39, 0.29) is 5.92 Å². The van der Waals surface area contributed by atoms with Crippen molar-refractivity contribution in [1.29, 1.82) is 0 Å². The molecule has 0 bridgehead atoms. The van der Waals surface area contributed by atoms with Crippen molar-refractivity contribution in [1.82, 2.24) is 9.97 Å². The van der Waals surface area contributed by atoms with Crippen molar-refractivity contribution in [3.63, 3.8) is 0 Å². The predicted molar refractivity (Wildman–Crippen MR) is 90.4 cm³/mol. The topological polar surface area (TPSA) is 47.0 Å². The lowest BCUT2D eigenvalue weighted by molar-refractivity contribution is 0.416. The number of rotatable bonds is 4. The van der Waals surface area contributed by atoms with Crippen LogP contribution in [0.5, 0.6) is 5.75 Å². The number of aromatic nitrogens is 2. The first-order valence-corrected chi connectivity index (χ1v) is 7.74. The van der Waals surface area contributed by atoms with E-state index in [1.807, 2.05) is 13.1 Å². The van der Waals surface area contributed by atoms with E-state index in [2.05, 4.69) is 45.1 Å². The van der Waals surface area contributed by atoms with Gasteiger partial charge in [0.1, 0.15) is 11.6 Å². The zero-order valence-electron chi connectivity index (χ0n) is 12.4. The second kappa shape index (κ2) is 6.62. The Hall–Kier alpha value is -1.33. The van der Waals surface area contributed by atoms with Crippen molar-refractivity contribution >= 4 is 33.3 Å². The van der Waals surface area contributed by atoms with Gasteiger partial charge in [-0.25, -0.2) is 9.97 Å². The van der Waals surface area contributed by atoms with Gasteiger partial charge >= 0.3 is 0 Å².